The molecule has 2 atom stereocenters. The Morgan fingerprint density at radius 3 is 2.81 bits per heavy atom. The Morgan fingerprint density at radius 1 is 1.56 bits per heavy atom. The highest BCUT2D eigenvalue weighted by Crippen LogP contribution is 2.47. The van der Waals surface area contributed by atoms with E-state index in [1.807, 2.05) is 0 Å². The van der Waals surface area contributed by atoms with Crippen molar-refractivity contribution in [3.63, 3.8) is 0 Å². The highest BCUT2D eigenvalue weighted by atomic mass is 16.5. The second-order valence-electron chi connectivity index (χ2n) is 5.31. The largest absolute Gasteiger partial charge is 0.368 e. The third kappa shape index (κ3) is 2.55. The highest BCUT2D eigenvalue weighted by molar-refractivity contribution is 5.81. The van der Waals surface area contributed by atoms with Gasteiger partial charge >= 0.3 is 0 Å². The van der Waals surface area contributed by atoms with Gasteiger partial charge in [-0.2, -0.15) is 0 Å². The fourth-order valence-corrected chi connectivity index (χ4v) is 2.40. The van der Waals surface area contributed by atoms with Crippen LogP contribution in [0.4, 0.5) is 0 Å². The van der Waals surface area contributed by atoms with Crippen molar-refractivity contribution in [3.05, 3.63) is 0 Å². The predicted octanol–water partition coefficient (Wildman–Crippen LogP) is 0.657. The number of carbonyl (C=O) groups is 1. The van der Waals surface area contributed by atoms with Crippen LogP contribution in [0.15, 0.2) is 0 Å². The van der Waals surface area contributed by atoms with Crippen molar-refractivity contribution in [1.82, 2.24) is 5.32 Å². The molecule has 2 unspecified atom stereocenters. The first-order chi connectivity index (χ1) is 7.67. The maximum absolute atomic E-state index is 11.9. The zero-order chi connectivity index (χ0) is 11.6. The summed E-state index contributed by atoms with van der Waals surface area (Å²) < 4.78 is 5.44. The fraction of sp³-hybridized carbons (Fsp3) is 0.917. The summed E-state index contributed by atoms with van der Waals surface area (Å²) in [5.74, 6) is 0.415. The summed E-state index contributed by atoms with van der Waals surface area (Å²) in [6.07, 6.45) is 4.19. The zero-order valence-corrected chi connectivity index (χ0v) is 10.00. The van der Waals surface area contributed by atoms with Crippen molar-refractivity contribution < 1.29 is 9.53 Å². The van der Waals surface area contributed by atoms with E-state index in [-0.39, 0.29) is 12.0 Å². The van der Waals surface area contributed by atoms with Gasteiger partial charge in [-0.25, -0.2) is 0 Å². The summed E-state index contributed by atoms with van der Waals surface area (Å²) in [6, 6.07) is 0. The first-order valence-electron chi connectivity index (χ1n) is 6.26. The Balaban J connectivity index is 1.75. The molecule has 16 heavy (non-hydrogen) atoms. The van der Waals surface area contributed by atoms with Crippen molar-refractivity contribution >= 4 is 5.91 Å². The van der Waals surface area contributed by atoms with Gasteiger partial charge in [0, 0.05) is 13.2 Å². The van der Waals surface area contributed by atoms with E-state index < -0.39 is 0 Å². The zero-order valence-electron chi connectivity index (χ0n) is 10.00. The Labute approximate surface area is 96.9 Å². The molecule has 92 valence electrons. The van der Waals surface area contributed by atoms with Crippen molar-refractivity contribution in [2.45, 2.75) is 38.7 Å². The van der Waals surface area contributed by atoms with Crippen LogP contribution in [-0.2, 0) is 9.53 Å². The molecule has 4 nitrogen and oxygen atoms in total. The van der Waals surface area contributed by atoms with Crippen molar-refractivity contribution in [3.8, 4) is 0 Å². The smallest absolute Gasteiger partial charge is 0.249 e. The Bertz CT molecular complexity index is 264. The molecule has 0 aromatic carbocycles. The molecular weight excluding hydrogens is 204 g/mol. The Kier molecular flexibility index (Phi) is 3.50. The number of hydrogen-bond donors (Lipinski definition) is 2. The molecule has 0 spiro atoms. The van der Waals surface area contributed by atoms with E-state index in [2.05, 4.69) is 12.2 Å². The van der Waals surface area contributed by atoms with Gasteiger partial charge in [0.25, 0.3) is 0 Å². The first kappa shape index (κ1) is 11.9. The third-order valence-corrected chi connectivity index (χ3v) is 3.92. The minimum absolute atomic E-state index is 0.0632. The van der Waals surface area contributed by atoms with E-state index in [1.54, 1.807) is 0 Å². The molecule has 0 aromatic rings. The summed E-state index contributed by atoms with van der Waals surface area (Å²) in [4.78, 5) is 11.9. The molecule has 1 aliphatic heterocycles. The van der Waals surface area contributed by atoms with Crippen LogP contribution >= 0.6 is 0 Å². The number of rotatable bonds is 5. The lowest BCUT2D eigenvalue weighted by Crippen LogP contribution is -2.40. The summed E-state index contributed by atoms with van der Waals surface area (Å²) in [5, 5.41) is 3.02. The molecule has 1 amide bonds. The molecule has 1 saturated heterocycles. The van der Waals surface area contributed by atoms with Crippen LogP contribution < -0.4 is 11.1 Å². The van der Waals surface area contributed by atoms with E-state index in [0.29, 0.717) is 24.5 Å². The van der Waals surface area contributed by atoms with Crippen LogP contribution in [0.2, 0.25) is 0 Å². The quantitative estimate of drug-likeness (QED) is 0.723. The lowest BCUT2D eigenvalue weighted by atomic mass is 10.0. The summed E-state index contributed by atoms with van der Waals surface area (Å²) in [6.45, 7) is 4.28. The molecule has 4 heteroatoms. The van der Waals surface area contributed by atoms with Gasteiger partial charge < -0.3 is 15.8 Å². The topological polar surface area (TPSA) is 64.3 Å². The van der Waals surface area contributed by atoms with Gasteiger partial charge in [0.2, 0.25) is 5.91 Å². The molecule has 1 saturated carbocycles. The summed E-state index contributed by atoms with van der Waals surface area (Å²) >= 11 is 0. The van der Waals surface area contributed by atoms with Crippen LogP contribution in [0.1, 0.15) is 32.6 Å². The number of nitrogens with two attached hydrogens (primary N) is 1. The van der Waals surface area contributed by atoms with E-state index in [0.717, 1.165) is 19.4 Å². The highest BCUT2D eigenvalue weighted by Gasteiger charge is 2.42. The average Bonchev–Trinajstić information content (AvgIpc) is 2.89. The Hall–Kier alpha value is -0.610. The van der Waals surface area contributed by atoms with Crippen molar-refractivity contribution in [2.75, 3.05) is 19.7 Å². The van der Waals surface area contributed by atoms with Gasteiger partial charge in [0.05, 0.1) is 0 Å². The van der Waals surface area contributed by atoms with E-state index >= 15 is 0 Å². The lowest BCUT2D eigenvalue weighted by Gasteiger charge is -2.18. The van der Waals surface area contributed by atoms with Gasteiger partial charge in [0.1, 0.15) is 6.10 Å². The third-order valence-electron chi connectivity index (χ3n) is 3.92. The minimum atomic E-state index is -0.228. The van der Waals surface area contributed by atoms with E-state index in [4.69, 9.17) is 10.5 Å². The molecule has 1 heterocycles. The second-order valence-corrected chi connectivity index (χ2v) is 5.31. The van der Waals surface area contributed by atoms with Crippen LogP contribution in [0.25, 0.3) is 0 Å². The average molecular weight is 226 g/mol. The van der Waals surface area contributed by atoms with Gasteiger partial charge in [-0.1, -0.05) is 6.92 Å². The molecule has 0 radical (unpaired) electrons. The summed E-state index contributed by atoms with van der Waals surface area (Å²) in [5.41, 5.74) is 5.88. The maximum atomic E-state index is 11.9. The molecule has 0 aromatic heterocycles. The lowest BCUT2D eigenvalue weighted by molar-refractivity contribution is -0.131. The normalized spacial score (nSPS) is 31.4. The molecule has 3 N–H and O–H groups in total. The molecule has 1 aliphatic carbocycles. The maximum Gasteiger partial charge on any atom is 0.249 e. The van der Waals surface area contributed by atoms with Crippen molar-refractivity contribution in [1.29, 1.82) is 0 Å². The number of carbonyl (C=O) groups excluding carboxylic acids is 1. The van der Waals surface area contributed by atoms with Crippen LogP contribution in [0.5, 0.6) is 0 Å². The van der Waals surface area contributed by atoms with E-state index in [9.17, 15) is 4.79 Å². The standard InChI is InChI=1S/C12H22N2O2/c1-9-2-7-16-10(9)11(15)14-8-12(3-4-12)5-6-13/h9-10H,2-8,13H2,1H3,(H,14,15). The minimum Gasteiger partial charge on any atom is -0.368 e. The molecule has 2 rings (SSSR count). The SMILES string of the molecule is CC1CCOC1C(=O)NCC1(CCN)CC1. The molecular formula is C12H22N2O2. The second kappa shape index (κ2) is 4.72. The van der Waals surface area contributed by atoms with Gasteiger partial charge in [-0.05, 0) is 43.6 Å². The van der Waals surface area contributed by atoms with Gasteiger partial charge in [-0.3, -0.25) is 4.79 Å². The number of nitrogens with one attached hydrogen (secondary N) is 1. The monoisotopic (exact) mass is 226 g/mol. The number of hydrogen-bond acceptors (Lipinski definition) is 3. The van der Waals surface area contributed by atoms with Crippen LogP contribution in [0, 0.1) is 11.3 Å². The Morgan fingerprint density at radius 2 is 2.31 bits per heavy atom. The van der Waals surface area contributed by atoms with E-state index in [1.165, 1.54) is 12.8 Å². The van der Waals surface area contributed by atoms with Crippen LogP contribution in [-0.4, -0.2) is 31.7 Å². The number of amides is 1. The van der Waals surface area contributed by atoms with Crippen LogP contribution in [0.3, 0.4) is 0 Å². The predicted molar refractivity (Wildman–Crippen MR) is 61.9 cm³/mol. The molecule has 2 fully saturated rings. The molecule has 2 aliphatic rings. The number of ether oxygens (including phenoxy) is 1. The summed E-state index contributed by atoms with van der Waals surface area (Å²) in [7, 11) is 0. The van der Waals surface area contributed by atoms with Crippen molar-refractivity contribution in [2.24, 2.45) is 17.1 Å². The van der Waals surface area contributed by atoms with Gasteiger partial charge in [-0.15, -0.1) is 0 Å². The fourth-order valence-electron chi connectivity index (χ4n) is 2.40. The first-order valence-corrected chi connectivity index (χ1v) is 6.26. The van der Waals surface area contributed by atoms with Gasteiger partial charge in [0.15, 0.2) is 0 Å². The molecule has 0 bridgehead atoms.